The first kappa shape index (κ1) is 13.3. The van der Waals surface area contributed by atoms with Gasteiger partial charge in [0.2, 0.25) is 0 Å². The van der Waals surface area contributed by atoms with Crippen molar-refractivity contribution in [1.82, 2.24) is 0 Å². The summed E-state index contributed by atoms with van der Waals surface area (Å²) in [6.45, 7) is 6.26. The van der Waals surface area contributed by atoms with Crippen molar-refractivity contribution in [2.75, 3.05) is 5.32 Å². The number of rotatable bonds is 3. The number of aryl methyl sites for hydroxylation is 1. The average Bonchev–Trinajstić information content (AvgIpc) is 2.39. The number of amides is 1. The molecule has 1 amide bonds. The minimum Gasteiger partial charge on any atom is -0.322 e. The van der Waals surface area contributed by atoms with Crippen LogP contribution in [-0.2, 0) is 0 Å². The third-order valence-electron chi connectivity index (χ3n) is 3.09. The van der Waals surface area contributed by atoms with Gasteiger partial charge in [-0.3, -0.25) is 4.79 Å². The van der Waals surface area contributed by atoms with Gasteiger partial charge in [0.15, 0.2) is 0 Å². The van der Waals surface area contributed by atoms with Gasteiger partial charge < -0.3 is 5.32 Å². The summed E-state index contributed by atoms with van der Waals surface area (Å²) in [6, 6.07) is 15.6. The van der Waals surface area contributed by atoms with Gasteiger partial charge in [-0.05, 0) is 42.7 Å². The molecule has 0 heterocycles. The van der Waals surface area contributed by atoms with Gasteiger partial charge in [-0.1, -0.05) is 43.7 Å². The molecule has 0 saturated heterocycles. The molecule has 0 fully saturated rings. The highest BCUT2D eigenvalue weighted by Gasteiger charge is 2.07. The second-order valence-electron chi connectivity index (χ2n) is 5.10. The number of anilines is 1. The highest BCUT2D eigenvalue weighted by Crippen LogP contribution is 2.19. The molecule has 0 aliphatic rings. The summed E-state index contributed by atoms with van der Waals surface area (Å²) >= 11 is 0. The lowest BCUT2D eigenvalue weighted by Gasteiger charge is -2.09. The maximum Gasteiger partial charge on any atom is 0.255 e. The second kappa shape index (κ2) is 5.70. The van der Waals surface area contributed by atoms with Crippen LogP contribution in [0.3, 0.4) is 0 Å². The third kappa shape index (κ3) is 3.44. The van der Waals surface area contributed by atoms with E-state index in [-0.39, 0.29) is 5.91 Å². The van der Waals surface area contributed by atoms with Crippen molar-refractivity contribution in [1.29, 1.82) is 0 Å². The molecule has 2 nitrogen and oxygen atoms in total. The third-order valence-corrected chi connectivity index (χ3v) is 3.09. The van der Waals surface area contributed by atoms with Crippen LogP contribution in [0.5, 0.6) is 0 Å². The van der Waals surface area contributed by atoms with Crippen molar-refractivity contribution < 1.29 is 4.79 Å². The SMILES string of the molecule is Cc1cccc(C(=O)Nc2cccc(C(C)C)c2)c1. The van der Waals surface area contributed by atoms with Gasteiger partial charge in [-0.25, -0.2) is 0 Å². The second-order valence-corrected chi connectivity index (χ2v) is 5.10. The first-order valence-corrected chi connectivity index (χ1v) is 6.54. The van der Waals surface area contributed by atoms with Crippen molar-refractivity contribution in [3.05, 3.63) is 65.2 Å². The van der Waals surface area contributed by atoms with Crippen LogP contribution < -0.4 is 5.32 Å². The van der Waals surface area contributed by atoms with Crippen molar-refractivity contribution in [3.8, 4) is 0 Å². The van der Waals surface area contributed by atoms with E-state index in [1.807, 2.05) is 49.4 Å². The van der Waals surface area contributed by atoms with Crippen LogP contribution in [0.2, 0.25) is 0 Å². The molecule has 0 unspecified atom stereocenters. The van der Waals surface area contributed by atoms with Crippen molar-refractivity contribution >= 4 is 11.6 Å². The monoisotopic (exact) mass is 253 g/mol. The van der Waals surface area contributed by atoms with E-state index in [9.17, 15) is 4.79 Å². The maximum absolute atomic E-state index is 12.1. The number of hydrogen-bond donors (Lipinski definition) is 1. The summed E-state index contributed by atoms with van der Waals surface area (Å²) in [4.78, 5) is 12.1. The Kier molecular flexibility index (Phi) is 4.00. The molecular weight excluding hydrogens is 234 g/mol. The Morgan fingerprint density at radius 2 is 1.79 bits per heavy atom. The molecule has 0 spiro atoms. The fourth-order valence-electron chi connectivity index (χ4n) is 1.97. The Bertz CT molecular complexity index is 587. The molecule has 0 aliphatic carbocycles. The lowest BCUT2D eigenvalue weighted by Crippen LogP contribution is -2.12. The summed E-state index contributed by atoms with van der Waals surface area (Å²) in [6.07, 6.45) is 0. The van der Waals surface area contributed by atoms with Gasteiger partial charge in [0.05, 0.1) is 0 Å². The Hall–Kier alpha value is -2.09. The van der Waals surface area contributed by atoms with Gasteiger partial charge in [0.1, 0.15) is 0 Å². The van der Waals surface area contributed by atoms with E-state index in [4.69, 9.17) is 0 Å². The van der Waals surface area contributed by atoms with E-state index in [1.165, 1.54) is 5.56 Å². The van der Waals surface area contributed by atoms with Gasteiger partial charge in [0, 0.05) is 11.3 Å². The normalized spacial score (nSPS) is 10.5. The van der Waals surface area contributed by atoms with E-state index in [0.29, 0.717) is 11.5 Å². The molecule has 2 rings (SSSR count). The Morgan fingerprint density at radius 1 is 1.05 bits per heavy atom. The van der Waals surface area contributed by atoms with Gasteiger partial charge >= 0.3 is 0 Å². The number of nitrogens with one attached hydrogen (secondary N) is 1. The molecule has 2 aromatic rings. The fraction of sp³-hybridized carbons (Fsp3) is 0.235. The van der Waals surface area contributed by atoms with E-state index >= 15 is 0 Å². The number of hydrogen-bond acceptors (Lipinski definition) is 1. The van der Waals surface area contributed by atoms with Crippen LogP contribution in [0.15, 0.2) is 48.5 Å². The summed E-state index contributed by atoms with van der Waals surface area (Å²) in [5, 5.41) is 2.94. The first-order valence-electron chi connectivity index (χ1n) is 6.54. The summed E-state index contributed by atoms with van der Waals surface area (Å²) < 4.78 is 0. The molecule has 0 bridgehead atoms. The first-order chi connectivity index (χ1) is 9.06. The van der Waals surface area contributed by atoms with Crippen molar-refractivity contribution in [3.63, 3.8) is 0 Å². The molecule has 2 aromatic carbocycles. The Balaban J connectivity index is 2.17. The van der Waals surface area contributed by atoms with Crippen LogP contribution in [0.4, 0.5) is 5.69 Å². The predicted octanol–water partition coefficient (Wildman–Crippen LogP) is 4.37. The molecule has 2 heteroatoms. The topological polar surface area (TPSA) is 29.1 Å². The fourth-order valence-corrected chi connectivity index (χ4v) is 1.97. The van der Waals surface area contributed by atoms with Crippen LogP contribution >= 0.6 is 0 Å². The zero-order chi connectivity index (χ0) is 13.8. The molecular formula is C17H19NO. The average molecular weight is 253 g/mol. The van der Waals surface area contributed by atoms with Crippen molar-refractivity contribution in [2.45, 2.75) is 26.7 Å². The van der Waals surface area contributed by atoms with Crippen LogP contribution in [0.1, 0.15) is 41.3 Å². The standard InChI is InChI=1S/C17H19NO/c1-12(2)14-7-5-9-16(11-14)18-17(19)15-8-4-6-13(3)10-15/h4-12H,1-3H3,(H,18,19). The highest BCUT2D eigenvalue weighted by molar-refractivity contribution is 6.04. The largest absolute Gasteiger partial charge is 0.322 e. The van der Waals surface area contributed by atoms with E-state index < -0.39 is 0 Å². The quantitative estimate of drug-likeness (QED) is 0.864. The minimum absolute atomic E-state index is 0.0652. The molecule has 0 aromatic heterocycles. The lowest BCUT2D eigenvalue weighted by atomic mass is 10.0. The molecule has 1 N–H and O–H groups in total. The van der Waals surface area contributed by atoms with Gasteiger partial charge in [-0.15, -0.1) is 0 Å². The number of carbonyl (C=O) groups is 1. The van der Waals surface area contributed by atoms with E-state index in [1.54, 1.807) is 0 Å². The molecule has 0 atom stereocenters. The Morgan fingerprint density at radius 3 is 2.47 bits per heavy atom. The molecule has 19 heavy (non-hydrogen) atoms. The van der Waals surface area contributed by atoms with Gasteiger partial charge in [-0.2, -0.15) is 0 Å². The zero-order valence-electron chi connectivity index (χ0n) is 11.6. The minimum atomic E-state index is -0.0652. The van der Waals surface area contributed by atoms with Crippen molar-refractivity contribution in [2.24, 2.45) is 0 Å². The van der Waals surface area contributed by atoms with E-state index in [2.05, 4.69) is 25.2 Å². The Labute approximate surface area is 114 Å². The van der Waals surface area contributed by atoms with Crippen LogP contribution in [0.25, 0.3) is 0 Å². The molecule has 98 valence electrons. The van der Waals surface area contributed by atoms with E-state index in [0.717, 1.165) is 11.3 Å². The smallest absolute Gasteiger partial charge is 0.255 e. The maximum atomic E-state index is 12.1. The summed E-state index contributed by atoms with van der Waals surface area (Å²) in [5.74, 6) is 0.389. The number of carbonyl (C=O) groups excluding carboxylic acids is 1. The highest BCUT2D eigenvalue weighted by atomic mass is 16.1. The lowest BCUT2D eigenvalue weighted by molar-refractivity contribution is 0.102. The molecule has 0 aliphatic heterocycles. The predicted molar refractivity (Wildman–Crippen MR) is 79.7 cm³/mol. The number of benzene rings is 2. The summed E-state index contributed by atoms with van der Waals surface area (Å²) in [7, 11) is 0. The molecule has 0 saturated carbocycles. The summed E-state index contributed by atoms with van der Waals surface area (Å²) in [5.41, 5.74) is 3.85. The van der Waals surface area contributed by atoms with Crippen LogP contribution in [0, 0.1) is 6.92 Å². The van der Waals surface area contributed by atoms with Gasteiger partial charge in [0.25, 0.3) is 5.91 Å². The molecule has 0 radical (unpaired) electrons. The zero-order valence-corrected chi connectivity index (χ0v) is 11.6. The van der Waals surface area contributed by atoms with Crippen LogP contribution in [-0.4, -0.2) is 5.91 Å².